The van der Waals surface area contributed by atoms with Crippen LogP contribution in [0.3, 0.4) is 0 Å². The molecule has 0 spiro atoms. The summed E-state index contributed by atoms with van der Waals surface area (Å²) in [5, 5.41) is 6.32. The van der Waals surface area contributed by atoms with Gasteiger partial charge < -0.3 is 4.90 Å². The van der Waals surface area contributed by atoms with Gasteiger partial charge in [0.25, 0.3) is 0 Å². The molecule has 6 heteroatoms. The van der Waals surface area contributed by atoms with Gasteiger partial charge >= 0.3 is 0 Å². The Hall–Kier alpha value is -2.21. The van der Waals surface area contributed by atoms with Crippen LogP contribution in [0.5, 0.6) is 0 Å². The monoisotopic (exact) mass is 355 g/mol. The fraction of sp³-hybridized carbons (Fsp3) is 0.188. The van der Waals surface area contributed by atoms with E-state index < -0.39 is 0 Å². The fourth-order valence-electron chi connectivity index (χ4n) is 2.83. The summed E-state index contributed by atoms with van der Waals surface area (Å²) in [6.07, 6.45) is 3.77. The molecule has 0 N–H and O–H groups in total. The molecule has 1 atom stereocenters. The van der Waals surface area contributed by atoms with Crippen LogP contribution >= 0.6 is 15.9 Å². The molecule has 2 aliphatic rings. The Labute approximate surface area is 137 Å². The zero-order valence-corrected chi connectivity index (χ0v) is 13.6. The maximum atomic E-state index is 4.85. The van der Waals surface area contributed by atoms with Crippen LogP contribution in [0, 0.1) is 0 Å². The van der Waals surface area contributed by atoms with Crippen LogP contribution in [0.25, 0.3) is 0 Å². The molecule has 0 amide bonds. The Kier molecular flexibility index (Phi) is 3.18. The van der Waals surface area contributed by atoms with Gasteiger partial charge in [-0.1, -0.05) is 28.1 Å². The van der Waals surface area contributed by atoms with Crippen molar-refractivity contribution in [3.63, 3.8) is 0 Å². The van der Waals surface area contributed by atoms with Crippen molar-refractivity contribution in [1.82, 2.24) is 9.99 Å². The number of benzene rings is 1. The van der Waals surface area contributed by atoms with Crippen LogP contribution in [0.1, 0.15) is 11.3 Å². The summed E-state index contributed by atoms with van der Waals surface area (Å²) in [6.45, 7) is 0.642. The number of nitrogens with zero attached hydrogens (tertiary/aromatic N) is 5. The molecule has 0 aliphatic carbocycles. The van der Waals surface area contributed by atoms with Gasteiger partial charge in [0.2, 0.25) is 0 Å². The van der Waals surface area contributed by atoms with E-state index in [-0.39, 0.29) is 6.17 Å². The van der Waals surface area contributed by atoms with Crippen LogP contribution in [-0.4, -0.2) is 41.8 Å². The number of aliphatic imine (C=N–C) groups is 1. The van der Waals surface area contributed by atoms with Crippen molar-refractivity contribution in [3.05, 3.63) is 58.3 Å². The number of fused-ring (bicyclic) bond motifs is 3. The van der Waals surface area contributed by atoms with E-state index in [1.54, 1.807) is 6.20 Å². The quantitative estimate of drug-likeness (QED) is 0.789. The Morgan fingerprint density at radius 3 is 2.91 bits per heavy atom. The minimum atomic E-state index is 0.106. The summed E-state index contributed by atoms with van der Waals surface area (Å²) in [4.78, 5) is 11.5. The van der Waals surface area contributed by atoms with Gasteiger partial charge in [0.05, 0.1) is 23.6 Å². The first-order chi connectivity index (χ1) is 10.8. The molecule has 2 aliphatic heterocycles. The molecule has 2 aromatic rings. The molecule has 1 aromatic heterocycles. The minimum absolute atomic E-state index is 0.106. The molecule has 22 heavy (non-hydrogen) atoms. The average Bonchev–Trinajstić information content (AvgIpc) is 2.81. The lowest BCUT2D eigenvalue weighted by atomic mass is 10.0. The number of hydrogen-bond acceptors (Lipinski definition) is 5. The molecule has 0 saturated carbocycles. The maximum Gasteiger partial charge on any atom is 0.143 e. The predicted octanol–water partition coefficient (Wildman–Crippen LogP) is 2.72. The molecule has 3 heterocycles. The molecule has 1 unspecified atom stereocenters. The zero-order chi connectivity index (χ0) is 15.1. The summed E-state index contributed by atoms with van der Waals surface area (Å²) in [7, 11) is 1.97. The number of aromatic nitrogens is 1. The Balaban J connectivity index is 1.94. The van der Waals surface area contributed by atoms with E-state index >= 15 is 0 Å². The number of likely N-dealkylation sites (N-methyl/N-ethyl adjacent to an activating group) is 1. The van der Waals surface area contributed by atoms with E-state index in [2.05, 4.69) is 37.0 Å². The SMILES string of the molecule is CN1N=CN2c3cccc(Br)c3C(c3ccccn3)=NCC12. The number of hydrogen-bond donors (Lipinski definition) is 0. The third kappa shape index (κ3) is 2.02. The molecule has 0 radical (unpaired) electrons. The van der Waals surface area contributed by atoms with Gasteiger partial charge in [0, 0.05) is 23.3 Å². The second kappa shape index (κ2) is 5.21. The Morgan fingerprint density at radius 1 is 1.18 bits per heavy atom. The summed E-state index contributed by atoms with van der Waals surface area (Å²) >= 11 is 3.67. The molecule has 4 rings (SSSR count). The largest absolute Gasteiger partial charge is 0.306 e. The van der Waals surface area contributed by atoms with Gasteiger partial charge in [0.15, 0.2) is 0 Å². The van der Waals surface area contributed by atoms with Crippen molar-refractivity contribution in [2.24, 2.45) is 10.1 Å². The highest BCUT2D eigenvalue weighted by Gasteiger charge is 2.32. The fourth-order valence-corrected chi connectivity index (χ4v) is 3.37. The van der Waals surface area contributed by atoms with Crippen molar-refractivity contribution >= 4 is 33.7 Å². The number of hydrazone groups is 1. The van der Waals surface area contributed by atoms with Crippen molar-refractivity contribution in [1.29, 1.82) is 0 Å². The predicted molar refractivity (Wildman–Crippen MR) is 91.4 cm³/mol. The average molecular weight is 356 g/mol. The van der Waals surface area contributed by atoms with Crippen LogP contribution < -0.4 is 4.90 Å². The van der Waals surface area contributed by atoms with Gasteiger partial charge in [-0.2, -0.15) is 5.10 Å². The lowest BCUT2D eigenvalue weighted by molar-refractivity contribution is 0.292. The van der Waals surface area contributed by atoms with Gasteiger partial charge in [-0.3, -0.25) is 15.0 Å². The van der Waals surface area contributed by atoms with Crippen molar-refractivity contribution in [2.45, 2.75) is 6.17 Å². The normalized spacial score (nSPS) is 19.5. The first kappa shape index (κ1) is 13.5. The van der Waals surface area contributed by atoms with E-state index in [1.165, 1.54) is 0 Å². The first-order valence-electron chi connectivity index (χ1n) is 7.06. The van der Waals surface area contributed by atoms with E-state index in [9.17, 15) is 0 Å². The molecule has 0 bridgehead atoms. The third-order valence-corrected chi connectivity index (χ3v) is 4.60. The van der Waals surface area contributed by atoms with E-state index in [0.29, 0.717) is 6.54 Å². The van der Waals surface area contributed by atoms with E-state index in [0.717, 1.165) is 27.1 Å². The van der Waals surface area contributed by atoms with Gasteiger partial charge in [-0.05, 0) is 24.3 Å². The first-order valence-corrected chi connectivity index (χ1v) is 7.85. The molecular weight excluding hydrogens is 342 g/mol. The van der Waals surface area contributed by atoms with Crippen LogP contribution in [0.4, 0.5) is 5.69 Å². The van der Waals surface area contributed by atoms with E-state index in [4.69, 9.17) is 4.99 Å². The van der Waals surface area contributed by atoms with Gasteiger partial charge in [-0.15, -0.1) is 0 Å². The lowest BCUT2D eigenvalue weighted by Gasteiger charge is -2.26. The summed E-state index contributed by atoms with van der Waals surface area (Å²) in [6, 6.07) is 12.1. The highest BCUT2D eigenvalue weighted by atomic mass is 79.9. The second-order valence-corrected chi connectivity index (χ2v) is 6.09. The van der Waals surface area contributed by atoms with Crippen LogP contribution in [0.15, 0.2) is 57.2 Å². The number of rotatable bonds is 1. The maximum absolute atomic E-state index is 4.85. The van der Waals surface area contributed by atoms with Crippen molar-refractivity contribution < 1.29 is 0 Å². The van der Waals surface area contributed by atoms with Gasteiger partial charge in [-0.25, -0.2) is 0 Å². The highest BCUT2D eigenvalue weighted by Crippen LogP contribution is 2.34. The van der Waals surface area contributed by atoms with E-state index in [1.807, 2.05) is 48.7 Å². The Morgan fingerprint density at radius 2 is 2.09 bits per heavy atom. The third-order valence-electron chi connectivity index (χ3n) is 3.94. The minimum Gasteiger partial charge on any atom is -0.306 e. The Bertz CT molecular complexity index is 771. The summed E-state index contributed by atoms with van der Waals surface area (Å²) < 4.78 is 1.01. The van der Waals surface area contributed by atoms with Crippen LogP contribution in [-0.2, 0) is 0 Å². The van der Waals surface area contributed by atoms with Crippen LogP contribution in [0.2, 0.25) is 0 Å². The van der Waals surface area contributed by atoms with Gasteiger partial charge in [0.1, 0.15) is 12.5 Å². The molecule has 110 valence electrons. The summed E-state index contributed by atoms with van der Waals surface area (Å²) in [5.41, 5.74) is 3.95. The highest BCUT2D eigenvalue weighted by molar-refractivity contribution is 9.10. The lowest BCUT2D eigenvalue weighted by Crippen LogP contribution is -2.40. The van der Waals surface area contributed by atoms with Crippen molar-refractivity contribution in [3.8, 4) is 0 Å². The topological polar surface area (TPSA) is 44.1 Å². The number of halogens is 1. The molecule has 0 saturated heterocycles. The standard InChI is InChI=1S/C16H14BrN5/c1-21-14-9-19-16(12-6-2-3-8-18-12)15-11(17)5-4-7-13(15)22(14)10-20-21/h2-8,10,14H,9H2,1H3. The molecule has 1 aromatic carbocycles. The summed E-state index contributed by atoms with van der Waals surface area (Å²) in [5.74, 6) is 0. The number of anilines is 1. The molecular formula is C16H14BrN5. The second-order valence-electron chi connectivity index (χ2n) is 5.23. The molecule has 0 fully saturated rings. The molecule has 5 nitrogen and oxygen atoms in total. The van der Waals surface area contributed by atoms with Crippen molar-refractivity contribution in [2.75, 3.05) is 18.5 Å². The number of pyridine rings is 1. The smallest absolute Gasteiger partial charge is 0.143 e. The zero-order valence-electron chi connectivity index (χ0n) is 12.0.